The fraction of sp³-hybridized carbons (Fsp3) is 0.400. The first kappa shape index (κ1) is 13.6. The van der Waals surface area contributed by atoms with Crippen LogP contribution in [0.5, 0.6) is 5.75 Å². The summed E-state index contributed by atoms with van der Waals surface area (Å²) in [5.74, 6) is 0.399. The number of aromatic hydroxyl groups is 1. The summed E-state index contributed by atoms with van der Waals surface area (Å²) >= 11 is 0. The van der Waals surface area contributed by atoms with Crippen LogP contribution in [0.4, 0.5) is 0 Å². The Morgan fingerprint density at radius 1 is 1.37 bits per heavy atom. The first-order chi connectivity index (χ1) is 9.19. The minimum Gasteiger partial charge on any atom is -0.508 e. The van der Waals surface area contributed by atoms with Crippen LogP contribution in [-0.2, 0) is 4.79 Å². The van der Waals surface area contributed by atoms with E-state index in [-0.39, 0.29) is 24.2 Å². The number of likely N-dealkylation sites (tertiary alicyclic amines) is 1. The van der Waals surface area contributed by atoms with E-state index in [1.54, 1.807) is 41.3 Å². The first-order valence-electron chi connectivity index (χ1n) is 6.56. The van der Waals surface area contributed by atoms with Crippen LogP contribution in [0.3, 0.4) is 0 Å². The van der Waals surface area contributed by atoms with Gasteiger partial charge in [0.05, 0.1) is 0 Å². The minimum atomic E-state index is -0.0220. The van der Waals surface area contributed by atoms with E-state index < -0.39 is 0 Å². The Morgan fingerprint density at radius 2 is 2.11 bits per heavy atom. The fourth-order valence-electron chi connectivity index (χ4n) is 2.27. The molecule has 1 saturated heterocycles. The quantitative estimate of drug-likeness (QED) is 0.813. The number of nitrogens with zero attached hydrogens (tertiary/aromatic N) is 1. The Morgan fingerprint density at radius 3 is 2.79 bits per heavy atom. The largest absolute Gasteiger partial charge is 0.508 e. The van der Waals surface area contributed by atoms with E-state index in [1.807, 2.05) is 0 Å². The molecule has 4 nitrogen and oxygen atoms in total. The van der Waals surface area contributed by atoms with Gasteiger partial charge in [0.2, 0.25) is 5.91 Å². The van der Waals surface area contributed by atoms with Gasteiger partial charge in [-0.3, -0.25) is 4.79 Å². The molecule has 1 unspecified atom stereocenters. The summed E-state index contributed by atoms with van der Waals surface area (Å²) in [6, 6.07) is 6.69. The van der Waals surface area contributed by atoms with Gasteiger partial charge < -0.3 is 15.1 Å². The number of phenols is 1. The van der Waals surface area contributed by atoms with Crippen LogP contribution in [0.25, 0.3) is 6.08 Å². The molecular formula is C15H19NO3. The molecule has 0 aromatic heterocycles. The molecule has 0 radical (unpaired) electrons. The number of phenolic OH excluding ortho intramolecular Hbond substituents is 1. The molecule has 1 atom stereocenters. The molecule has 2 N–H and O–H groups in total. The van der Waals surface area contributed by atoms with Crippen molar-refractivity contribution in [2.45, 2.75) is 12.8 Å². The third-order valence-electron chi connectivity index (χ3n) is 3.40. The number of aliphatic hydroxyl groups excluding tert-OH is 1. The molecular weight excluding hydrogens is 242 g/mol. The second-order valence-corrected chi connectivity index (χ2v) is 4.90. The van der Waals surface area contributed by atoms with Crippen LogP contribution in [0.1, 0.15) is 18.4 Å². The molecule has 1 aliphatic heterocycles. The Hall–Kier alpha value is -1.81. The van der Waals surface area contributed by atoms with Gasteiger partial charge >= 0.3 is 0 Å². The van der Waals surface area contributed by atoms with Gasteiger partial charge in [-0.15, -0.1) is 0 Å². The predicted octanol–water partition coefficient (Wildman–Crippen LogP) is 1.64. The van der Waals surface area contributed by atoms with Crippen molar-refractivity contribution in [1.29, 1.82) is 0 Å². The van der Waals surface area contributed by atoms with Crippen LogP contribution >= 0.6 is 0 Å². The number of aliphatic hydroxyl groups is 1. The summed E-state index contributed by atoms with van der Waals surface area (Å²) in [5, 5.41) is 18.3. The number of carbonyl (C=O) groups is 1. The topological polar surface area (TPSA) is 60.8 Å². The third kappa shape index (κ3) is 3.83. The average molecular weight is 261 g/mol. The number of benzene rings is 1. The van der Waals surface area contributed by atoms with E-state index in [9.17, 15) is 9.90 Å². The lowest BCUT2D eigenvalue weighted by molar-refractivity contribution is -0.127. The second kappa shape index (κ2) is 6.38. The number of rotatable bonds is 3. The molecule has 1 aliphatic rings. The third-order valence-corrected chi connectivity index (χ3v) is 3.40. The fourth-order valence-corrected chi connectivity index (χ4v) is 2.27. The molecule has 1 fully saturated rings. The Bertz CT molecular complexity index is 453. The molecule has 4 heteroatoms. The Labute approximate surface area is 113 Å². The van der Waals surface area contributed by atoms with Gasteiger partial charge in [-0.25, -0.2) is 0 Å². The SMILES string of the molecule is O=C(/C=C/c1ccc(O)cc1)N1CCCC(CO)C1. The summed E-state index contributed by atoms with van der Waals surface area (Å²) in [6.45, 7) is 1.54. The smallest absolute Gasteiger partial charge is 0.246 e. The average Bonchev–Trinajstić information content (AvgIpc) is 2.46. The van der Waals surface area contributed by atoms with Crippen molar-refractivity contribution in [3.05, 3.63) is 35.9 Å². The minimum absolute atomic E-state index is 0.0220. The van der Waals surface area contributed by atoms with Gasteiger partial charge in [0, 0.05) is 25.8 Å². The first-order valence-corrected chi connectivity index (χ1v) is 6.56. The summed E-state index contributed by atoms with van der Waals surface area (Å²) in [7, 11) is 0. The van der Waals surface area contributed by atoms with Crippen LogP contribution in [0.2, 0.25) is 0 Å². The van der Waals surface area contributed by atoms with Crippen LogP contribution in [0.15, 0.2) is 30.3 Å². The molecule has 1 aromatic rings. The number of hydrogen-bond acceptors (Lipinski definition) is 3. The molecule has 1 heterocycles. The second-order valence-electron chi connectivity index (χ2n) is 4.90. The van der Waals surface area contributed by atoms with Crippen LogP contribution < -0.4 is 0 Å². The van der Waals surface area contributed by atoms with E-state index in [2.05, 4.69) is 0 Å². The molecule has 0 aliphatic carbocycles. The van der Waals surface area contributed by atoms with E-state index in [4.69, 9.17) is 5.11 Å². The number of hydrogen-bond donors (Lipinski definition) is 2. The van der Waals surface area contributed by atoms with Crippen molar-refractivity contribution >= 4 is 12.0 Å². The lowest BCUT2D eigenvalue weighted by Crippen LogP contribution is -2.40. The Balaban J connectivity index is 1.94. The predicted molar refractivity (Wildman–Crippen MR) is 73.5 cm³/mol. The lowest BCUT2D eigenvalue weighted by atomic mass is 9.99. The van der Waals surface area contributed by atoms with Crippen molar-refractivity contribution in [3.8, 4) is 5.75 Å². The summed E-state index contributed by atoms with van der Waals surface area (Å²) in [4.78, 5) is 13.8. The molecule has 102 valence electrons. The van der Waals surface area contributed by atoms with Gasteiger partial charge in [0.25, 0.3) is 0 Å². The van der Waals surface area contributed by atoms with E-state index in [0.717, 1.165) is 24.9 Å². The number of carbonyl (C=O) groups excluding carboxylic acids is 1. The van der Waals surface area contributed by atoms with Crippen molar-refractivity contribution in [2.75, 3.05) is 19.7 Å². The van der Waals surface area contributed by atoms with Crippen LogP contribution in [0, 0.1) is 5.92 Å². The highest BCUT2D eigenvalue weighted by Gasteiger charge is 2.21. The molecule has 1 amide bonds. The van der Waals surface area contributed by atoms with E-state index >= 15 is 0 Å². The van der Waals surface area contributed by atoms with Crippen molar-refractivity contribution in [2.24, 2.45) is 5.92 Å². The highest BCUT2D eigenvalue weighted by Crippen LogP contribution is 2.16. The monoisotopic (exact) mass is 261 g/mol. The molecule has 0 spiro atoms. The zero-order valence-corrected chi connectivity index (χ0v) is 10.8. The maximum absolute atomic E-state index is 12.0. The van der Waals surface area contributed by atoms with Gasteiger partial charge in [-0.1, -0.05) is 12.1 Å². The summed E-state index contributed by atoms with van der Waals surface area (Å²) in [6.07, 6.45) is 5.22. The van der Waals surface area contributed by atoms with E-state index in [1.165, 1.54) is 0 Å². The summed E-state index contributed by atoms with van der Waals surface area (Å²) < 4.78 is 0. The summed E-state index contributed by atoms with van der Waals surface area (Å²) in [5.41, 5.74) is 0.877. The zero-order chi connectivity index (χ0) is 13.7. The van der Waals surface area contributed by atoms with Crippen molar-refractivity contribution in [1.82, 2.24) is 4.90 Å². The van der Waals surface area contributed by atoms with Crippen molar-refractivity contribution < 1.29 is 15.0 Å². The van der Waals surface area contributed by atoms with Gasteiger partial charge in [0.15, 0.2) is 0 Å². The standard InChI is InChI=1S/C15H19NO3/c17-11-13-2-1-9-16(10-13)15(19)8-5-12-3-6-14(18)7-4-12/h3-8,13,17-18H,1-2,9-11H2/b8-5+. The maximum atomic E-state index is 12.0. The Kier molecular flexibility index (Phi) is 4.58. The van der Waals surface area contributed by atoms with Gasteiger partial charge in [-0.2, -0.15) is 0 Å². The highest BCUT2D eigenvalue weighted by molar-refractivity contribution is 5.91. The lowest BCUT2D eigenvalue weighted by Gasteiger charge is -2.31. The normalized spacial score (nSPS) is 19.8. The molecule has 0 bridgehead atoms. The molecule has 0 saturated carbocycles. The van der Waals surface area contributed by atoms with Gasteiger partial charge in [-0.05, 0) is 42.5 Å². The van der Waals surface area contributed by atoms with Crippen LogP contribution in [-0.4, -0.2) is 40.7 Å². The maximum Gasteiger partial charge on any atom is 0.246 e. The molecule has 19 heavy (non-hydrogen) atoms. The number of piperidine rings is 1. The molecule has 2 rings (SSSR count). The van der Waals surface area contributed by atoms with Gasteiger partial charge in [0.1, 0.15) is 5.75 Å². The van der Waals surface area contributed by atoms with E-state index in [0.29, 0.717) is 6.54 Å². The number of amides is 1. The molecule has 1 aromatic carbocycles. The van der Waals surface area contributed by atoms with Crippen molar-refractivity contribution in [3.63, 3.8) is 0 Å². The zero-order valence-electron chi connectivity index (χ0n) is 10.8. The highest BCUT2D eigenvalue weighted by atomic mass is 16.3.